The fourth-order valence-corrected chi connectivity index (χ4v) is 1.88. The second kappa shape index (κ2) is 2.82. The Labute approximate surface area is 81.6 Å². The van der Waals surface area contributed by atoms with Gasteiger partial charge in [-0.1, -0.05) is 30.3 Å². The fraction of sp³-hybridized carbons (Fsp3) is 0.364. The lowest BCUT2D eigenvalue weighted by Crippen LogP contribution is -2.19. The summed E-state index contributed by atoms with van der Waals surface area (Å²) in [5, 5.41) is 0. The van der Waals surface area contributed by atoms with E-state index in [4.69, 9.17) is 9.47 Å². The quantitative estimate of drug-likeness (QED) is 0.514. The molecule has 3 rings (SSSR count). The predicted octanol–water partition coefficient (Wildman–Crippen LogP) is 0.922. The van der Waals surface area contributed by atoms with Gasteiger partial charge in [-0.3, -0.25) is 0 Å². The van der Waals surface area contributed by atoms with E-state index < -0.39 is 0 Å². The zero-order valence-electron chi connectivity index (χ0n) is 7.55. The standard InChI is InChI=1S/C11H10O3/c12-11-10-9(14-10)8(13-11)6-7-4-2-1-3-5-7/h1-5,8-10H,6H2. The number of rotatable bonds is 2. The molecular formula is C11H10O3. The molecule has 72 valence electrons. The highest BCUT2D eigenvalue weighted by Crippen LogP contribution is 2.36. The second-order valence-electron chi connectivity index (χ2n) is 3.69. The largest absolute Gasteiger partial charge is 0.457 e. The van der Waals surface area contributed by atoms with Gasteiger partial charge in [0.1, 0.15) is 12.2 Å². The Morgan fingerprint density at radius 2 is 2.00 bits per heavy atom. The molecule has 0 aromatic heterocycles. The molecule has 1 aromatic rings. The van der Waals surface area contributed by atoms with Crippen molar-refractivity contribution in [1.82, 2.24) is 0 Å². The van der Waals surface area contributed by atoms with Crippen LogP contribution in [0.15, 0.2) is 30.3 Å². The van der Waals surface area contributed by atoms with Crippen molar-refractivity contribution >= 4 is 5.97 Å². The van der Waals surface area contributed by atoms with Crippen LogP contribution in [0.5, 0.6) is 0 Å². The highest BCUT2D eigenvalue weighted by Gasteiger charge is 2.58. The fourth-order valence-electron chi connectivity index (χ4n) is 1.88. The van der Waals surface area contributed by atoms with Crippen molar-refractivity contribution in [2.45, 2.75) is 24.7 Å². The molecule has 3 nitrogen and oxygen atoms in total. The van der Waals surface area contributed by atoms with Crippen LogP contribution in [0.1, 0.15) is 5.56 Å². The molecule has 3 heteroatoms. The minimum Gasteiger partial charge on any atom is -0.457 e. The Kier molecular flexibility index (Phi) is 1.61. The molecule has 3 unspecified atom stereocenters. The van der Waals surface area contributed by atoms with Gasteiger partial charge in [-0.15, -0.1) is 0 Å². The topological polar surface area (TPSA) is 38.8 Å². The molecule has 2 heterocycles. The lowest BCUT2D eigenvalue weighted by molar-refractivity contribution is -0.149. The Hall–Kier alpha value is -1.35. The predicted molar refractivity (Wildman–Crippen MR) is 48.7 cm³/mol. The molecule has 1 aromatic carbocycles. The third-order valence-electron chi connectivity index (χ3n) is 2.67. The van der Waals surface area contributed by atoms with Gasteiger partial charge in [0.15, 0.2) is 6.10 Å². The number of cyclic esters (lactones) is 1. The summed E-state index contributed by atoms with van der Waals surface area (Å²) >= 11 is 0. The van der Waals surface area contributed by atoms with Crippen molar-refractivity contribution in [3.05, 3.63) is 35.9 Å². The first-order chi connectivity index (χ1) is 6.84. The molecule has 0 aliphatic carbocycles. The number of hydrogen-bond donors (Lipinski definition) is 0. The van der Waals surface area contributed by atoms with E-state index in [1.54, 1.807) is 0 Å². The number of esters is 1. The molecule has 3 atom stereocenters. The van der Waals surface area contributed by atoms with E-state index in [-0.39, 0.29) is 24.3 Å². The number of carbonyl (C=O) groups excluding carboxylic acids is 1. The summed E-state index contributed by atoms with van der Waals surface area (Å²) in [5.41, 5.74) is 1.18. The molecule has 0 N–H and O–H groups in total. The molecule has 0 radical (unpaired) electrons. The minimum absolute atomic E-state index is 0.0164. The Morgan fingerprint density at radius 3 is 2.57 bits per heavy atom. The molecule has 2 aliphatic heterocycles. The van der Waals surface area contributed by atoms with E-state index in [9.17, 15) is 4.79 Å². The summed E-state index contributed by atoms with van der Waals surface area (Å²) < 4.78 is 10.3. The average Bonchev–Trinajstić information content (AvgIpc) is 2.92. The summed E-state index contributed by atoms with van der Waals surface area (Å²) in [6, 6.07) is 10.0. The highest BCUT2D eigenvalue weighted by atomic mass is 16.7. The van der Waals surface area contributed by atoms with Gasteiger partial charge in [-0.05, 0) is 5.56 Å². The van der Waals surface area contributed by atoms with Crippen LogP contribution < -0.4 is 0 Å². The van der Waals surface area contributed by atoms with Crippen LogP contribution in [-0.2, 0) is 20.7 Å². The van der Waals surface area contributed by atoms with E-state index in [0.717, 1.165) is 6.42 Å². The highest BCUT2D eigenvalue weighted by molar-refractivity contribution is 5.81. The Balaban J connectivity index is 1.72. The number of fused-ring (bicyclic) bond motifs is 1. The SMILES string of the molecule is O=C1OC(Cc2ccccc2)C2OC12. The van der Waals surface area contributed by atoms with Gasteiger partial charge in [0.05, 0.1) is 0 Å². The van der Waals surface area contributed by atoms with E-state index >= 15 is 0 Å². The molecule has 2 saturated heterocycles. The van der Waals surface area contributed by atoms with Crippen LogP contribution in [-0.4, -0.2) is 24.3 Å². The van der Waals surface area contributed by atoms with Gasteiger partial charge in [-0.25, -0.2) is 4.79 Å². The number of benzene rings is 1. The van der Waals surface area contributed by atoms with Gasteiger partial charge < -0.3 is 9.47 Å². The van der Waals surface area contributed by atoms with E-state index in [0.29, 0.717) is 0 Å². The van der Waals surface area contributed by atoms with Crippen LogP contribution in [0, 0.1) is 0 Å². The summed E-state index contributed by atoms with van der Waals surface area (Å²) in [6.07, 6.45) is 0.439. The van der Waals surface area contributed by atoms with Crippen LogP contribution in [0.3, 0.4) is 0 Å². The van der Waals surface area contributed by atoms with E-state index in [2.05, 4.69) is 0 Å². The summed E-state index contributed by atoms with van der Waals surface area (Å²) in [7, 11) is 0. The lowest BCUT2D eigenvalue weighted by atomic mass is 10.1. The molecule has 2 aliphatic rings. The van der Waals surface area contributed by atoms with Crippen LogP contribution in [0.25, 0.3) is 0 Å². The van der Waals surface area contributed by atoms with Gasteiger partial charge in [0.2, 0.25) is 0 Å². The van der Waals surface area contributed by atoms with Crippen molar-refractivity contribution in [2.24, 2.45) is 0 Å². The van der Waals surface area contributed by atoms with Crippen molar-refractivity contribution in [2.75, 3.05) is 0 Å². The molecule has 0 saturated carbocycles. The number of ether oxygens (including phenoxy) is 2. The maximum Gasteiger partial charge on any atom is 0.338 e. The monoisotopic (exact) mass is 190 g/mol. The van der Waals surface area contributed by atoms with Crippen LogP contribution >= 0.6 is 0 Å². The lowest BCUT2D eigenvalue weighted by Gasteiger charge is -2.10. The molecule has 2 fully saturated rings. The molecule has 0 spiro atoms. The van der Waals surface area contributed by atoms with Gasteiger partial charge in [-0.2, -0.15) is 0 Å². The van der Waals surface area contributed by atoms with Crippen molar-refractivity contribution in [3.63, 3.8) is 0 Å². The molecule has 0 bridgehead atoms. The summed E-state index contributed by atoms with van der Waals surface area (Å²) in [6.45, 7) is 0. The molecular weight excluding hydrogens is 180 g/mol. The molecule has 14 heavy (non-hydrogen) atoms. The number of hydrogen-bond acceptors (Lipinski definition) is 3. The van der Waals surface area contributed by atoms with E-state index in [1.807, 2.05) is 30.3 Å². The first-order valence-electron chi connectivity index (χ1n) is 4.74. The molecule has 0 amide bonds. The Morgan fingerprint density at radius 1 is 1.21 bits per heavy atom. The van der Waals surface area contributed by atoms with Crippen LogP contribution in [0.4, 0.5) is 0 Å². The zero-order valence-corrected chi connectivity index (χ0v) is 7.55. The average molecular weight is 190 g/mol. The van der Waals surface area contributed by atoms with Crippen molar-refractivity contribution in [3.8, 4) is 0 Å². The third kappa shape index (κ3) is 1.21. The van der Waals surface area contributed by atoms with Crippen molar-refractivity contribution < 1.29 is 14.3 Å². The normalized spacial score (nSPS) is 33.7. The van der Waals surface area contributed by atoms with Gasteiger partial charge in [0.25, 0.3) is 0 Å². The van der Waals surface area contributed by atoms with Crippen molar-refractivity contribution in [1.29, 1.82) is 0 Å². The smallest absolute Gasteiger partial charge is 0.338 e. The maximum absolute atomic E-state index is 11.1. The van der Waals surface area contributed by atoms with Crippen LogP contribution in [0.2, 0.25) is 0 Å². The first kappa shape index (κ1) is 8.00. The maximum atomic E-state index is 11.1. The first-order valence-corrected chi connectivity index (χ1v) is 4.74. The van der Waals surface area contributed by atoms with Gasteiger partial charge >= 0.3 is 5.97 Å². The summed E-state index contributed by atoms with van der Waals surface area (Å²) in [5.74, 6) is -0.198. The Bertz CT molecular complexity index is 360. The van der Waals surface area contributed by atoms with Gasteiger partial charge in [0, 0.05) is 6.42 Å². The number of epoxide rings is 1. The number of carbonyl (C=O) groups is 1. The zero-order chi connectivity index (χ0) is 9.54. The summed E-state index contributed by atoms with van der Waals surface area (Å²) in [4.78, 5) is 11.1. The third-order valence-corrected chi connectivity index (χ3v) is 2.67. The second-order valence-corrected chi connectivity index (χ2v) is 3.69. The van der Waals surface area contributed by atoms with E-state index in [1.165, 1.54) is 5.56 Å². The minimum atomic E-state index is -0.260.